The molecule has 1 atom stereocenters. The zero-order chi connectivity index (χ0) is 5.91. The molecule has 0 radical (unpaired) electrons. The maximum Gasteiger partial charge on any atom is 0.148 e. The highest BCUT2D eigenvalue weighted by atomic mass is 19.2. The molecular weight excluding hydrogens is 100 g/mol. The van der Waals surface area contributed by atoms with E-state index in [1.54, 1.807) is 0 Å². The molecule has 0 bridgehead atoms. The van der Waals surface area contributed by atoms with Gasteiger partial charge in [0.25, 0.3) is 0 Å². The van der Waals surface area contributed by atoms with Gasteiger partial charge in [-0.15, -0.1) is 0 Å². The third kappa shape index (κ3) is 2.51. The Hall–Kier alpha value is -0.180. The Morgan fingerprint density at radius 1 is 1.71 bits per heavy atom. The summed E-state index contributed by atoms with van der Waals surface area (Å²) in [6.07, 6.45) is 0. The Kier molecular flexibility index (Phi) is 2.15. The topological polar surface area (TPSA) is 26.0 Å². The quantitative estimate of drug-likeness (QED) is 0.553. The van der Waals surface area contributed by atoms with Gasteiger partial charge in [0.05, 0.1) is 0 Å². The third-order valence-corrected chi connectivity index (χ3v) is 0.704. The molecule has 0 heterocycles. The summed E-state index contributed by atoms with van der Waals surface area (Å²) in [5.74, 6) is 0. The normalized spacial score (nSPS) is 18.9. The number of hydrogen-bond acceptors (Lipinski definition) is 1. The largest absolute Gasteiger partial charge is 0.327 e. The minimum Gasteiger partial charge on any atom is -0.327 e. The molecule has 3 heteroatoms. The van der Waals surface area contributed by atoms with Gasteiger partial charge >= 0.3 is 0 Å². The van der Waals surface area contributed by atoms with Crippen LogP contribution in [0.5, 0.6) is 0 Å². The van der Waals surface area contributed by atoms with E-state index < -0.39 is 12.3 Å². The molecule has 0 saturated heterocycles. The van der Waals surface area contributed by atoms with Crippen LogP contribution in [0.15, 0.2) is 0 Å². The van der Waals surface area contributed by atoms with Gasteiger partial charge in [-0.2, -0.15) is 0 Å². The lowest BCUT2D eigenvalue weighted by molar-refractivity contribution is 0.151. The van der Waals surface area contributed by atoms with Crippen LogP contribution in [0.1, 0.15) is 6.92 Å². The van der Waals surface area contributed by atoms with E-state index in [0.717, 1.165) is 6.92 Å². The molecule has 0 spiro atoms. The van der Waals surface area contributed by atoms with Crippen molar-refractivity contribution in [3.8, 4) is 0 Å². The van der Waals surface area contributed by atoms with Crippen LogP contribution in [0.3, 0.4) is 0 Å². The van der Waals surface area contributed by atoms with Crippen molar-refractivity contribution in [3.05, 3.63) is 0 Å². The zero-order valence-corrected chi connectivity index (χ0v) is 4.25. The predicted molar refractivity (Wildman–Crippen MR) is 24.5 cm³/mol. The van der Waals surface area contributed by atoms with Gasteiger partial charge in [0, 0.05) is 6.54 Å². The average Bonchev–Trinajstić information content (AvgIpc) is 1.68. The SMILES string of the molecule is CC(F)(CN)CF. The predicted octanol–water partition coefficient (Wildman–Crippen LogP) is 0.643. The maximum atomic E-state index is 12.0. The first kappa shape index (κ1) is 6.82. The maximum absolute atomic E-state index is 12.0. The summed E-state index contributed by atoms with van der Waals surface area (Å²) in [6, 6.07) is 0. The van der Waals surface area contributed by atoms with Gasteiger partial charge in [-0.25, -0.2) is 8.78 Å². The van der Waals surface area contributed by atoms with Crippen LogP contribution >= 0.6 is 0 Å². The summed E-state index contributed by atoms with van der Waals surface area (Å²) in [4.78, 5) is 0. The van der Waals surface area contributed by atoms with Crippen LogP contribution in [0.25, 0.3) is 0 Å². The van der Waals surface area contributed by atoms with E-state index in [0.29, 0.717) is 0 Å². The average molecular weight is 109 g/mol. The fourth-order valence-electron chi connectivity index (χ4n) is 0.0546. The summed E-state index contributed by atoms with van der Waals surface area (Å²) >= 11 is 0. The zero-order valence-electron chi connectivity index (χ0n) is 4.25. The van der Waals surface area contributed by atoms with E-state index in [-0.39, 0.29) is 6.54 Å². The molecule has 0 aromatic carbocycles. The second kappa shape index (κ2) is 2.21. The Morgan fingerprint density at radius 2 is 2.14 bits per heavy atom. The summed E-state index contributed by atoms with van der Waals surface area (Å²) in [5, 5.41) is 0. The Bertz CT molecular complexity index is 47.7. The highest BCUT2D eigenvalue weighted by Crippen LogP contribution is 2.06. The van der Waals surface area contributed by atoms with Crippen molar-refractivity contribution in [3.63, 3.8) is 0 Å². The molecule has 0 aliphatic rings. The van der Waals surface area contributed by atoms with Crippen molar-refractivity contribution in [2.75, 3.05) is 13.2 Å². The smallest absolute Gasteiger partial charge is 0.148 e. The van der Waals surface area contributed by atoms with Gasteiger partial charge < -0.3 is 5.73 Å². The molecule has 0 aliphatic heterocycles. The van der Waals surface area contributed by atoms with E-state index in [1.807, 2.05) is 0 Å². The van der Waals surface area contributed by atoms with E-state index in [2.05, 4.69) is 0 Å². The number of hydrogen-bond donors (Lipinski definition) is 1. The van der Waals surface area contributed by atoms with Gasteiger partial charge in [-0.05, 0) is 6.92 Å². The molecule has 0 rings (SSSR count). The minimum absolute atomic E-state index is 0.247. The number of rotatable bonds is 2. The number of nitrogens with two attached hydrogens (primary N) is 1. The minimum atomic E-state index is -1.81. The van der Waals surface area contributed by atoms with Crippen molar-refractivity contribution < 1.29 is 8.78 Å². The summed E-state index contributed by atoms with van der Waals surface area (Å²) in [6.45, 7) is -0.111. The highest BCUT2D eigenvalue weighted by Gasteiger charge is 2.19. The van der Waals surface area contributed by atoms with Crippen LogP contribution in [0.2, 0.25) is 0 Å². The molecule has 2 N–H and O–H groups in total. The first-order valence-corrected chi connectivity index (χ1v) is 2.07. The Labute approximate surface area is 41.5 Å². The van der Waals surface area contributed by atoms with Crippen molar-refractivity contribution in [1.29, 1.82) is 0 Å². The molecule has 0 aliphatic carbocycles. The lowest BCUT2D eigenvalue weighted by Crippen LogP contribution is -2.31. The second-order valence-electron chi connectivity index (χ2n) is 1.75. The Balaban J connectivity index is 3.36. The lowest BCUT2D eigenvalue weighted by Gasteiger charge is -2.10. The molecule has 1 unspecified atom stereocenters. The second-order valence-corrected chi connectivity index (χ2v) is 1.75. The molecule has 7 heavy (non-hydrogen) atoms. The van der Waals surface area contributed by atoms with Crippen LogP contribution in [0, 0.1) is 0 Å². The molecule has 0 fully saturated rings. The first-order chi connectivity index (χ1) is 3.12. The fourth-order valence-corrected chi connectivity index (χ4v) is 0.0546. The van der Waals surface area contributed by atoms with Crippen molar-refractivity contribution in [2.45, 2.75) is 12.6 Å². The van der Waals surface area contributed by atoms with E-state index in [9.17, 15) is 8.78 Å². The molecule has 1 nitrogen and oxygen atoms in total. The third-order valence-electron chi connectivity index (χ3n) is 0.704. The monoisotopic (exact) mass is 109 g/mol. The van der Waals surface area contributed by atoms with Crippen LogP contribution in [-0.4, -0.2) is 18.9 Å². The number of alkyl halides is 2. The van der Waals surface area contributed by atoms with Gasteiger partial charge in [-0.1, -0.05) is 0 Å². The van der Waals surface area contributed by atoms with Crippen molar-refractivity contribution >= 4 is 0 Å². The number of halogens is 2. The van der Waals surface area contributed by atoms with Crippen molar-refractivity contribution in [2.24, 2.45) is 5.73 Å². The summed E-state index contributed by atoms with van der Waals surface area (Å²) in [5.41, 5.74) is 3.00. The van der Waals surface area contributed by atoms with E-state index in [4.69, 9.17) is 5.73 Å². The van der Waals surface area contributed by atoms with Gasteiger partial charge in [-0.3, -0.25) is 0 Å². The molecule has 0 aromatic rings. The van der Waals surface area contributed by atoms with Gasteiger partial charge in [0.1, 0.15) is 12.3 Å². The molecule has 44 valence electrons. The molecule has 0 saturated carbocycles. The van der Waals surface area contributed by atoms with E-state index in [1.165, 1.54) is 0 Å². The van der Waals surface area contributed by atoms with Crippen LogP contribution in [-0.2, 0) is 0 Å². The van der Waals surface area contributed by atoms with Crippen LogP contribution < -0.4 is 5.73 Å². The first-order valence-electron chi connectivity index (χ1n) is 2.07. The molecule has 0 aromatic heterocycles. The Morgan fingerprint density at radius 3 is 2.14 bits per heavy atom. The van der Waals surface area contributed by atoms with E-state index >= 15 is 0 Å². The molecular formula is C4H9F2N. The summed E-state index contributed by atoms with van der Waals surface area (Å²) in [7, 11) is 0. The summed E-state index contributed by atoms with van der Waals surface area (Å²) < 4.78 is 23.4. The molecule has 0 amide bonds. The van der Waals surface area contributed by atoms with Gasteiger partial charge in [0.15, 0.2) is 0 Å². The van der Waals surface area contributed by atoms with Gasteiger partial charge in [0.2, 0.25) is 0 Å². The lowest BCUT2D eigenvalue weighted by atomic mass is 10.2. The van der Waals surface area contributed by atoms with Crippen molar-refractivity contribution in [1.82, 2.24) is 0 Å². The fraction of sp³-hybridized carbons (Fsp3) is 1.00. The standard InChI is InChI=1S/C4H9F2N/c1-4(6,2-5)3-7/h2-3,7H2,1H3. The van der Waals surface area contributed by atoms with Crippen LogP contribution in [0.4, 0.5) is 8.78 Å². The highest BCUT2D eigenvalue weighted by molar-refractivity contribution is 4.71.